The van der Waals surface area contributed by atoms with Crippen molar-refractivity contribution >= 4 is 5.91 Å². The maximum absolute atomic E-state index is 12.1. The number of rotatable bonds is 7. The molecule has 1 unspecified atom stereocenters. The summed E-state index contributed by atoms with van der Waals surface area (Å²) in [4.78, 5) is 12.1. The topological polar surface area (TPSA) is 75.4 Å². The van der Waals surface area contributed by atoms with Gasteiger partial charge in [0.1, 0.15) is 0 Å². The number of hydrogen-bond acceptors (Lipinski definition) is 3. The molecule has 1 fully saturated rings. The van der Waals surface area contributed by atoms with Crippen molar-refractivity contribution in [2.24, 2.45) is 11.1 Å². The Morgan fingerprint density at radius 1 is 1.29 bits per heavy atom. The molecule has 1 aromatic carbocycles. The molecule has 0 aliphatic heterocycles. The predicted molar refractivity (Wildman–Crippen MR) is 83.6 cm³/mol. The lowest BCUT2D eigenvalue weighted by Gasteiger charge is -2.28. The Morgan fingerprint density at radius 3 is 2.57 bits per heavy atom. The molecule has 0 saturated heterocycles. The molecule has 1 saturated carbocycles. The van der Waals surface area contributed by atoms with Crippen molar-refractivity contribution < 1.29 is 9.90 Å². The molecule has 1 amide bonds. The van der Waals surface area contributed by atoms with Crippen molar-refractivity contribution in [3.63, 3.8) is 0 Å². The molecule has 1 atom stereocenters. The minimum atomic E-state index is -0.261. The lowest BCUT2D eigenvalue weighted by molar-refractivity contribution is -0.122. The van der Waals surface area contributed by atoms with Crippen LogP contribution >= 0.6 is 0 Å². The van der Waals surface area contributed by atoms with Gasteiger partial charge in [-0.05, 0) is 30.2 Å². The lowest BCUT2D eigenvalue weighted by atomic mass is 9.83. The van der Waals surface area contributed by atoms with Gasteiger partial charge in [-0.1, -0.05) is 43.2 Å². The molecule has 4 nitrogen and oxygen atoms in total. The van der Waals surface area contributed by atoms with Crippen molar-refractivity contribution in [3.05, 3.63) is 35.9 Å². The Morgan fingerprint density at radius 2 is 1.95 bits per heavy atom. The number of benzene rings is 1. The molecule has 0 radical (unpaired) electrons. The van der Waals surface area contributed by atoms with Gasteiger partial charge in [0, 0.05) is 25.6 Å². The van der Waals surface area contributed by atoms with Crippen molar-refractivity contribution in [2.75, 3.05) is 13.2 Å². The molecule has 0 bridgehead atoms. The van der Waals surface area contributed by atoms with E-state index >= 15 is 0 Å². The van der Waals surface area contributed by atoms with Crippen LogP contribution in [0.3, 0.4) is 0 Å². The highest BCUT2D eigenvalue weighted by Crippen LogP contribution is 2.40. The fourth-order valence-electron chi connectivity index (χ4n) is 3.25. The average molecular weight is 290 g/mol. The van der Waals surface area contributed by atoms with E-state index in [9.17, 15) is 9.90 Å². The second-order valence-electron chi connectivity index (χ2n) is 6.18. The predicted octanol–water partition coefficient (Wildman–Crippen LogP) is 2.14. The summed E-state index contributed by atoms with van der Waals surface area (Å²) in [6, 6.07) is 9.44. The second-order valence-corrected chi connectivity index (χ2v) is 6.18. The van der Waals surface area contributed by atoms with Crippen molar-refractivity contribution in [2.45, 2.75) is 44.6 Å². The molecule has 2 rings (SSSR count). The van der Waals surface area contributed by atoms with Crippen molar-refractivity contribution in [1.29, 1.82) is 0 Å². The van der Waals surface area contributed by atoms with Gasteiger partial charge >= 0.3 is 0 Å². The Balaban J connectivity index is 1.81. The fraction of sp³-hybridized carbons (Fsp3) is 0.588. The van der Waals surface area contributed by atoms with E-state index < -0.39 is 0 Å². The van der Waals surface area contributed by atoms with E-state index in [-0.39, 0.29) is 24.0 Å². The van der Waals surface area contributed by atoms with Crippen molar-refractivity contribution in [3.8, 4) is 0 Å². The molecule has 0 aromatic heterocycles. The van der Waals surface area contributed by atoms with Crippen LogP contribution < -0.4 is 11.1 Å². The van der Waals surface area contributed by atoms with Crippen LogP contribution in [0.2, 0.25) is 0 Å². The number of amides is 1. The SMILES string of the molecule is NC(CC(=O)NCC1(CCO)CCCC1)c1ccccc1. The smallest absolute Gasteiger partial charge is 0.221 e. The van der Waals surface area contributed by atoms with Crippen LogP contribution in [0.15, 0.2) is 30.3 Å². The summed E-state index contributed by atoms with van der Waals surface area (Å²) < 4.78 is 0. The van der Waals surface area contributed by atoms with E-state index in [1.54, 1.807) is 0 Å². The first kappa shape index (κ1) is 16.0. The van der Waals surface area contributed by atoms with Gasteiger partial charge in [0.15, 0.2) is 0 Å². The highest BCUT2D eigenvalue weighted by molar-refractivity contribution is 5.76. The minimum absolute atomic E-state index is 0.00410. The number of hydrogen-bond donors (Lipinski definition) is 3. The number of carbonyl (C=O) groups excluding carboxylic acids is 1. The van der Waals surface area contributed by atoms with E-state index in [0.717, 1.165) is 24.8 Å². The monoisotopic (exact) mass is 290 g/mol. The standard InChI is InChI=1S/C17H26N2O2/c18-15(14-6-2-1-3-7-14)12-16(21)19-13-17(10-11-20)8-4-5-9-17/h1-3,6-7,15,20H,4-5,8-13,18H2,(H,19,21). The first-order valence-corrected chi connectivity index (χ1v) is 7.83. The maximum Gasteiger partial charge on any atom is 0.221 e. The van der Waals surface area contributed by atoms with E-state index in [1.165, 1.54) is 12.8 Å². The third kappa shape index (κ3) is 4.55. The largest absolute Gasteiger partial charge is 0.396 e. The van der Waals surface area contributed by atoms with Crippen LogP contribution in [0.1, 0.15) is 50.1 Å². The molecular formula is C17H26N2O2. The van der Waals surface area contributed by atoms with Crippen LogP contribution in [0, 0.1) is 5.41 Å². The molecule has 1 aliphatic carbocycles. The van der Waals surface area contributed by atoms with Crippen LogP contribution in [-0.4, -0.2) is 24.2 Å². The summed E-state index contributed by atoms with van der Waals surface area (Å²) in [5.74, 6) is -0.00410. The van der Waals surface area contributed by atoms with Crippen LogP contribution in [0.25, 0.3) is 0 Å². The van der Waals surface area contributed by atoms with Gasteiger partial charge in [-0.2, -0.15) is 0 Å². The number of aliphatic hydroxyl groups excluding tert-OH is 1. The van der Waals surface area contributed by atoms with Gasteiger partial charge in [0.2, 0.25) is 5.91 Å². The molecule has 1 aromatic rings. The lowest BCUT2D eigenvalue weighted by Crippen LogP contribution is -2.37. The van der Waals surface area contributed by atoms with Gasteiger partial charge in [-0.25, -0.2) is 0 Å². The quantitative estimate of drug-likeness (QED) is 0.720. The normalized spacial score (nSPS) is 18.4. The van der Waals surface area contributed by atoms with E-state index in [2.05, 4.69) is 5.32 Å². The summed E-state index contributed by atoms with van der Waals surface area (Å²) in [5.41, 5.74) is 7.15. The van der Waals surface area contributed by atoms with Crippen LogP contribution in [0.4, 0.5) is 0 Å². The van der Waals surface area contributed by atoms with E-state index in [4.69, 9.17) is 5.73 Å². The Labute approximate surface area is 126 Å². The molecule has 4 heteroatoms. The first-order chi connectivity index (χ1) is 10.2. The Bertz CT molecular complexity index is 441. The number of carbonyl (C=O) groups is 1. The molecule has 0 heterocycles. The third-order valence-corrected chi connectivity index (χ3v) is 4.60. The third-order valence-electron chi connectivity index (χ3n) is 4.60. The first-order valence-electron chi connectivity index (χ1n) is 7.83. The maximum atomic E-state index is 12.1. The van der Waals surface area contributed by atoms with Gasteiger partial charge in [0.25, 0.3) is 0 Å². The number of nitrogens with two attached hydrogens (primary N) is 1. The van der Waals surface area contributed by atoms with Crippen molar-refractivity contribution in [1.82, 2.24) is 5.32 Å². The highest BCUT2D eigenvalue weighted by Gasteiger charge is 2.33. The number of nitrogens with one attached hydrogen (secondary N) is 1. The zero-order valence-corrected chi connectivity index (χ0v) is 12.6. The van der Waals surface area contributed by atoms with Gasteiger partial charge < -0.3 is 16.2 Å². The van der Waals surface area contributed by atoms with Crippen LogP contribution in [0.5, 0.6) is 0 Å². The minimum Gasteiger partial charge on any atom is -0.396 e. The summed E-state index contributed by atoms with van der Waals surface area (Å²) in [5, 5.41) is 12.2. The average Bonchev–Trinajstić information content (AvgIpc) is 2.95. The molecule has 21 heavy (non-hydrogen) atoms. The molecule has 1 aliphatic rings. The van der Waals surface area contributed by atoms with Gasteiger partial charge in [-0.15, -0.1) is 0 Å². The summed E-state index contributed by atoms with van der Waals surface area (Å²) in [6.07, 6.45) is 5.66. The van der Waals surface area contributed by atoms with E-state index in [1.807, 2.05) is 30.3 Å². The highest BCUT2D eigenvalue weighted by atomic mass is 16.3. The molecule has 0 spiro atoms. The zero-order valence-electron chi connectivity index (χ0n) is 12.6. The summed E-state index contributed by atoms with van der Waals surface area (Å²) in [7, 11) is 0. The summed E-state index contributed by atoms with van der Waals surface area (Å²) in [6.45, 7) is 0.854. The van der Waals surface area contributed by atoms with Gasteiger partial charge in [0.05, 0.1) is 0 Å². The fourth-order valence-corrected chi connectivity index (χ4v) is 3.25. The zero-order chi connectivity index (χ0) is 15.1. The van der Waals surface area contributed by atoms with E-state index in [0.29, 0.717) is 13.0 Å². The van der Waals surface area contributed by atoms with Gasteiger partial charge in [-0.3, -0.25) is 4.79 Å². The summed E-state index contributed by atoms with van der Waals surface area (Å²) >= 11 is 0. The molecule has 4 N–H and O–H groups in total. The Hall–Kier alpha value is -1.39. The van der Waals surface area contributed by atoms with Crippen LogP contribution in [-0.2, 0) is 4.79 Å². The molecule has 116 valence electrons. The molecular weight excluding hydrogens is 264 g/mol. The second kappa shape index (κ2) is 7.57. The Kier molecular flexibility index (Phi) is 5.76. The number of aliphatic hydroxyl groups is 1.